The summed E-state index contributed by atoms with van der Waals surface area (Å²) in [6.45, 7) is 0. The maximum Gasteiger partial charge on any atom is 0.381 e. The highest BCUT2D eigenvalue weighted by Crippen LogP contribution is 2.72. The molecule has 0 radical (unpaired) electrons. The number of carboxylic acids is 2. The maximum atomic E-state index is 10.2. The first-order valence-corrected chi connectivity index (χ1v) is 4.48. The minimum Gasteiger partial charge on any atom is -0.472 e. The Kier molecular flexibility index (Phi) is 1.78. The number of hydrogen-bond donors (Lipinski definition) is 2. The summed E-state index contributed by atoms with van der Waals surface area (Å²) in [5.74, 6) is 7.40. The summed E-state index contributed by atoms with van der Waals surface area (Å²) >= 11 is 0. The van der Waals surface area contributed by atoms with Crippen molar-refractivity contribution in [1.82, 2.24) is 0 Å². The summed E-state index contributed by atoms with van der Waals surface area (Å²) < 4.78 is 0. The summed E-state index contributed by atoms with van der Waals surface area (Å²) in [5, 5.41) is 16.7. The summed E-state index contributed by atoms with van der Waals surface area (Å²) in [7, 11) is 0. The molecule has 2 N–H and O–H groups in total. The van der Waals surface area contributed by atoms with Gasteiger partial charge in [-0.2, -0.15) is 0 Å². The fourth-order valence-electron chi connectivity index (χ4n) is 2.43. The van der Waals surface area contributed by atoms with Crippen LogP contribution in [0.1, 0.15) is 19.3 Å². The molecule has 0 unspecified atom stereocenters. The van der Waals surface area contributed by atoms with Crippen LogP contribution in [0.4, 0.5) is 0 Å². The molecule has 0 aliphatic heterocycles. The van der Waals surface area contributed by atoms with Gasteiger partial charge in [0.2, 0.25) is 0 Å². The van der Waals surface area contributed by atoms with Gasteiger partial charge in [-0.05, 0) is 19.3 Å². The molecule has 76 valence electrons. The van der Waals surface area contributed by atoms with Crippen LogP contribution < -0.4 is 0 Å². The normalized spacial score (nSPS) is 34.4. The molecule has 0 saturated heterocycles. The molecule has 0 heterocycles. The average Bonchev–Trinajstić information content (AvgIpc) is 1.97. The third kappa shape index (κ3) is 1.55. The van der Waals surface area contributed by atoms with Crippen molar-refractivity contribution >= 4 is 11.9 Å². The van der Waals surface area contributed by atoms with E-state index in [0.717, 1.165) is 0 Å². The summed E-state index contributed by atoms with van der Waals surface area (Å²) in [5.41, 5.74) is -0.378. The quantitative estimate of drug-likeness (QED) is 0.558. The van der Waals surface area contributed by atoms with Crippen LogP contribution in [-0.4, -0.2) is 22.2 Å². The minimum atomic E-state index is -1.12. The average molecular weight is 204 g/mol. The second-order valence-electron chi connectivity index (χ2n) is 4.20. The van der Waals surface area contributed by atoms with Gasteiger partial charge in [-0.3, -0.25) is 0 Å². The predicted octanol–water partition coefficient (Wildman–Crippen LogP) is 0.333. The molecule has 0 amide bonds. The molecule has 15 heavy (non-hydrogen) atoms. The van der Waals surface area contributed by atoms with E-state index in [4.69, 9.17) is 10.2 Å². The topological polar surface area (TPSA) is 74.6 Å². The molecule has 4 nitrogen and oxygen atoms in total. The smallest absolute Gasteiger partial charge is 0.381 e. The Bertz CT molecular complexity index is 405. The lowest BCUT2D eigenvalue weighted by Crippen LogP contribution is -2.60. The molecule has 4 heteroatoms. The number of rotatable bonds is 0. The van der Waals surface area contributed by atoms with Crippen molar-refractivity contribution in [3.8, 4) is 23.7 Å². The van der Waals surface area contributed by atoms with Crippen molar-refractivity contribution in [2.45, 2.75) is 19.3 Å². The fraction of sp³-hybridized carbons (Fsp3) is 0.455. The highest BCUT2D eigenvalue weighted by molar-refractivity contribution is 5.87. The van der Waals surface area contributed by atoms with Gasteiger partial charge in [0.15, 0.2) is 0 Å². The predicted molar refractivity (Wildman–Crippen MR) is 49.5 cm³/mol. The molecule has 2 bridgehead atoms. The lowest BCUT2D eigenvalue weighted by atomic mass is 9.36. The van der Waals surface area contributed by atoms with Gasteiger partial charge in [0.1, 0.15) is 0 Å². The van der Waals surface area contributed by atoms with E-state index in [1.807, 2.05) is 0 Å². The van der Waals surface area contributed by atoms with Gasteiger partial charge in [0, 0.05) is 22.7 Å². The molecule has 0 atom stereocenters. The molecule has 0 spiro atoms. The number of hydrogen-bond acceptors (Lipinski definition) is 2. The third-order valence-corrected chi connectivity index (χ3v) is 2.90. The van der Waals surface area contributed by atoms with Gasteiger partial charge < -0.3 is 10.2 Å². The monoisotopic (exact) mass is 204 g/mol. The van der Waals surface area contributed by atoms with Crippen LogP contribution >= 0.6 is 0 Å². The second kappa shape index (κ2) is 2.77. The molecule has 3 saturated carbocycles. The van der Waals surface area contributed by atoms with E-state index in [2.05, 4.69) is 23.7 Å². The van der Waals surface area contributed by atoms with E-state index in [0.29, 0.717) is 19.3 Å². The van der Waals surface area contributed by atoms with Crippen LogP contribution in [0.5, 0.6) is 0 Å². The van der Waals surface area contributed by atoms with Crippen molar-refractivity contribution in [1.29, 1.82) is 0 Å². The first-order valence-electron chi connectivity index (χ1n) is 4.48. The standard InChI is InChI=1S/C11H8O4/c12-8(13)1-3-10-5-11(6-10,7-10)4-2-9(14)15/h5-7H2,(H,12,13)(H,14,15). The minimum absolute atomic E-state index is 0.189. The first-order chi connectivity index (χ1) is 6.95. The Morgan fingerprint density at radius 1 is 0.867 bits per heavy atom. The maximum absolute atomic E-state index is 10.2. The Balaban J connectivity index is 1.97. The summed E-state index contributed by atoms with van der Waals surface area (Å²) in [4.78, 5) is 20.4. The molecule has 3 aliphatic carbocycles. The van der Waals surface area contributed by atoms with Crippen molar-refractivity contribution in [3.05, 3.63) is 0 Å². The van der Waals surface area contributed by atoms with Gasteiger partial charge in [0.25, 0.3) is 0 Å². The molecule has 0 aromatic rings. The lowest BCUT2D eigenvalue weighted by molar-refractivity contribution is -0.131. The van der Waals surface area contributed by atoms with Gasteiger partial charge >= 0.3 is 11.9 Å². The molecule has 0 aromatic heterocycles. The van der Waals surface area contributed by atoms with Crippen LogP contribution in [0.25, 0.3) is 0 Å². The molecule has 0 aromatic carbocycles. The molecule has 3 fully saturated rings. The molecule has 3 rings (SSSR count). The van der Waals surface area contributed by atoms with Crippen molar-refractivity contribution in [2.24, 2.45) is 10.8 Å². The van der Waals surface area contributed by atoms with E-state index in [-0.39, 0.29) is 10.8 Å². The Hall–Kier alpha value is -1.94. The van der Waals surface area contributed by atoms with Gasteiger partial charge in [-0.25, -0.2) is 9.59 Å². The Morgan fingerprint density at radius 2 is 1.20 bits per heavy atom. The van der Waals surface area contributed by atoms with Crippen molar-refractivity contribution in [2.75, 3.05) is 0 Å². The van der Waals surface area contributed by atoms with Gasteiger partial charge in [-0.15, -0.1) is 0 Å². The highest BCUT2D eigenvalue weighted by Gasteiger charge is 2.66. The Morgan fingerprint density at radius 3 is 1.47 bits per heavy atom. The summed E-state index contributed by atoms with van der Waals surface area (Å²) in [6.07, 6.45) is 2.13. The van der Waals surface area contributed by atoms with E-state index < -0.39 is 11.9 Å². The number of aliphatic carboxylic acids is 2. The number of carbonyl (C=O) groups is 2. The largest absolute Gasteiger partial charge is 0.472 e. The van der Waals surface area contributed by atoms with Crippen LogP contribution in [0.2, 0.25) is 0 Å². The highest BCUT2D eigenvalue weighted by atomic mass is 16.4. The fourth-order valence-corrected chi connectivity index (χ4v) is 2.43. The van der Waals surface area contributed by atoms with Gasteiger partial charge in [0.05, 0.1) is 0 Å². The lowest BCUT2D eigenvalue weighted by Gasteiger charge is -2.65. The van der Waals surface area contributed by atoms with E-state index in [9.17, 15) is 9.59 Å². The zero-order valence-corrected chi connectivity index (χ0v) is 7.83. The van der Waals surface area contributed by atoms with E-state index in [1.165, 1.54) is 0 Å². The third-order valence-electron chi connectivity index (χ3n) is 2.90. The van der Waals surface area contributed by atoms with Crippen LogP contribution in [0.3, 0.4) is 0 Å². The first kappa shape index (κ1) is 9.61. The second-order valence-corrected chi connectivity index (χ2v) is 4.20. The summed E-state index contributed by atoms with van der Waals surface area (Å²) in [6, 6.07) is 0. The Labute approximate surface area is 86.3 Å². The number of carboxylic acid groups (broad SMARTS) is 2. The zero-order valence-electron chi connectivity index (χ0n) is 7.83. The molecule has 3 aliphatic rings. The van der Waals surface area contributed by atoms with E-state index >= 15 is 0 Å². The van der Waals surface area contributed by atoms with Crippen LogP contribution in [0, 0.1) is 34.5 Å². The van der Waals surface area contributed by atoms with Crippen LogP contribution in [-0.2, 0) is 9.59 Å². The van der Waals surface area contributed by atoms with Crippen molar-refractivity contribution in [3.63, 3.8) is 0 Å². The van der Waals surface area contributed by atoms with E-state index in [1.54, 1.807) is 0 Å². The van der Waals surface area contributed by atoms with Crippen LogP contribution in [0.15, 0.2) is 0 Å². The molecular weight excluding hydrogens is 196 g/mol. The van der Waals surface area contributed by atoms with Gasteiger partial charge in [-0.1, -0.05) is 11.8 Å². The SMILES string of the molecule is O=C(O)C#CC12CC(C#CC(=O)O)(C1)C2. The van der Waals surface area contributed by atoms with Crippen molar-refractivity contribution < 1.29 is 19.8 Å². The molecular formula is C11H8O4. The zero-order chi connectivity index (χ0) is 11.1.